The largest absolute Gasteiger partial charge is 0.365 e. The maximum atomic E-state index is 12.5. The van der Waals surface area contributed by atoms with Crippen molar-refractivity contribution in [2.75, 3.05) is 23.8 Å². The molecule has 3 aromatic carbocycles. The zero-order chi connectivity index (χ0) is 20.7. The van der Waals surface area contributed by atoms with E-state index >= 15 is 0 Å². The molecule has 0 atom stereocenters. The number of carbonyl (C=O) groups is 1. The third-order valence-corrected chi connectivity index (χ3v) is 5.95. The summed E-state index contributed by atoms with van der Waals surface area (Å²) in [4.78, 5) is 14.2. The third-order valence-electron chi connectivity index (χ3n) is 4.40. The summed E-state index contributed by atoms with van der Waals surface area (Å²) in [5.74, 6) is -0.248. The molecule has 1 amide bonds. The molecule has 0 aliphatic carbocycles. The molecule has 150 valence electrons. The van der Waals surface area contributed by atoms with Gasteiger partial charge >= 0.3 is 0 Å². The van der Waals surface area contributed by atoms with Gasteiger partial charge < -0.3 is 10.2 Å². The molecule has 29 heavy (non-hydrogen) atoms. The van der Waals surface area contributed by atoms with Crippen LogP contribution in [0, 0.1) is 0 Å². The standard InChI is InChI=1S/C23H24N2O3S/c1-25(22-13-6-3-7-14-22)16-23(26)24-21-12-8-11-20(15-21)18-29(27,28)17-19-9-4-2-5-10-19/h2-15H,16-18H2,1H3,(H,24,26). The minimum Gasteiger partial charge on any atom is -0.365 e. The lowest BCUT2D eigenvalue weighted by Gasteiger charge is -2.18. The van der Waals surface area contributed by atoms with Crippen molar-refractivity contribution in [1.82, 2.24) is 0 Å². The van der Waals surface area contributed by atoms with Crippen molar-refractivity contribution in [3.63, 3.8) is 0 Å². The highest BCUT2D eigenvalue weighted by molar-refractivity contribution is 7.89. The average molecular weight is 409 g/mol. The van der Waals surface area contributed by atoms with Gasteiger partial charge in [0.15, 0.2) is 9.84 Å². The second-order valence-corrected chi connectivity index (χ2v) is 9.02. The number of anilines is 2. The summed E-state index contributed by atoms with van der Waals surface area (Å²) < 4.78 is 25.0. The predicted molar refractivity (Wildman–Crippen MR) is 118 cm³/mol. The van der Waals surface area contributed by atoms with E-state index in [0.29, 0.717) is 11.3 Å². The summed E-state index contributed by atoms with van der Waals surface area (Å²) in [6.45, 7) is 0.195. The minimum absolute atomic E-state index is 0.00764. The molecule has 0 heterocycles. The smallest absolute Gasteiger partial charge is 0.243 e. The van der Waals surface area contributed by atoms with E-state index in [-0.39, 0.29) is 24.0 Å². The van der Waals surface area contributed by atoms with Gasteiger partial charge in [-0.25, -0.2) is 8.42 Å². The fraction of sp³-hybridized carbons (Fsp3) is 0.174. The number of likely N-dealkylation sites (N-methyl/N-ethyl adjacent to an activating group) is 1. The first-order valence-electron chi connectivity index (χ1n) is 9.31. The zero-order valence-electron chi connectivity index (χ0n) is 16.3. The number of rotatable bonds is 8. The third kappa shape index (κ3) is 6.47. The Hall–Kier alpha value is -3.12. The lowest BCUT2D eigenvalue weighted by molar-refractivity contribution is -0.114. The van der Waals surface area contributed by atoms with E-state index in [0.717, 1.165) is 11.3 Å². The summed E-state index contributed by atoms with van der Waals surface area (Å²) in [6.07, 6.45) is 0. The van der Waals surface area contributed by atoms with Crippen LogP contribution < -0.4 is 10.2 Å². The fourth-order valence-corrected chi connectivity index (χ4v) is 4.55. The number of hydrogen-bond acceptors (Lipinski definition) is 4. The van der Waals surface area contributed by atoms with Crippen LogP contribution in [0.3, 0.4) is 0 Å². The number of nitrogens with zero attached hydrogens (tertiary/aromatic N) is 1. The van der Waals surface area contributed by atoms with Gasteiger partial charge in [0.1, 0.15) is 0 Å². The number of sulfone groups is 1. The first-order chi connectivity index (χ1) is 13.9. The van der Waals surface area contributed by atoms with Crippen molar-refractivity contribution < 1.29 is 13.2 Å². The van der Waals surface area contributed by atoms with E-state index in [1.807, 2.05) is 60.5 Å². The molecule has 0 aromatic heterocycles. The number of benzene rings is 3. The summed E-state index contributed by atoms with van der Waals surface area (Å²) in [5, 5.41) is 2.84. The van der Waals surface area contributed by atoms with Gasteiger partial charge in [-0.15, -0.1) is 0 Å². The van der Waals surface area contributed by atoms with E-state index in [2.05, 4.69) is 5.32 Å². The summed E-state index contributed by atoms with van der Waals surface area (Å²) in [7, 11) is -1.46. The Labute approximate surface area is 171 Å². The van der Waals surface area contributed by atoms with Crippen LogP contribution in [0.1, 0.15) is 11.1 Å². The van der Waals surface area contributed by atoms with Crippen molar-refractivity contribution in [3.05, 3.63) is 96.1 Å². The molecule has 5 nitrogen and oxygen atoms in total. The lowest BCUT2D eigenvalue weighted by atomic mass is 10.2. The summed E-state index contributed by atoms with van der Waals surface area (Å²) >= 11 is 0. The number of para-hydroxylation sites is 1. The topological polar surface area (TPSA) is 66.5 Å². The number of carbonyl (C=O) groups excluding carboxylic acids is 1. The van der Waals surface area contributed by atoms with E-state index in [9.17, 15) is 13.2 Å². The second kappa shape index (κ2) is 9.39. The first kappa shape index (κ1) is 20.6. The van der Waals surface area contributed by atoms with Crippen molar-refractivity contribution in [1.29, 1.82) is 0 Å². The van der Waals surface area contributed by atoms with Gasteiger partial charge in [0, 0.05) is 18.4 Å². The Morgan fingerprint density at radius 2 is 1.41 bits per heavy atom. The Kier molecular flexibility index (Phi) is 6.67. The quantitative estimate of drug-likeness (QED) is 0.614. The monoisotopic (exact) mass is 408 g/mol. The molecule has 0 radical (unpaired) electrons. The van der Waals surface area contributed by atoms with Gasteiger partial charge in [-0.1, -0.05) is 60.7 Å². The number of amides is 1. The Morgan fingerprint density at radius 1 is 0.828 bits per heavy atom. The maximum absolute atomic E-state index is 12.5. The number of nitrogens with one attached hydrogen (secondary N) is 1. The van der Waals surface area contributed by atoms with Crippen molar-refractivity contribution in [2.24, 2.45) is 0 Å². The molecule has 0 aliphatic heterocycles. The Bertz CT molecular complexity index is 1050. The zero-order valence-corrected chi connectivity index (χ0v) is 17.1. The lowest BCUT2D eigenvalue weighted by Crippen LogP contribution is -2.30. The van der Waals surface area contributed by atoms with E-state index in [1.54, 1.807) is 36.4 Å². The molecule has 0 saturated heterocycles. The molecule has 0 bridgehead atoms. The van der Waals surface area contributed by atoms with E-state index in [1.165, 1.54) is 0 Å². The molecule has 3 aromatic rings. The van der Waals surface area contributed by atoms with Gasteiger partial charge in [-0.2, -0.15) is 0 Å². The van der Waals surface area contributed by atoms with Gasteiger partial charge in [0.2, 0.25) is 5.91 Å². The van der Waals surface area contributed by atoms with Crippen molar-refractivity contribution >= 4 is 27.1 Å². The van der Waals surface area contributed by atoms with E-state index in [4.69, 9.17) is 0 Å². The van der Waals surface area contributed by atoms with Crippen LogP contribution in [0.15, 0.2) is 84.9 Å². The SMILES string of the molecule is CN(CC(=O)Nc1cccc(CS(=O)(=O)Cc2ccccc2)c1)c1ccccc1. The summed E-state index contributed by atoms with van der Waals surface area (Å²) in [5.41, 5.74) is 2.95. The average Bonchev–Trinajstić information content (AvgIpc) is 2.68. The number of hydrogen-bond donors (Lipinski definition) is 1. The highest BCUT2D eigenvalue weighted by atomic mass is 32.2. The van der Waals surface area contributed by atoms with Gasteiger partial charge in [-0.05, 0) is 35.4 Å². The van der Waals surface area contributed by atoms with Gasteiger partial charge in [0.25, 0.3) is 0 Å². The van der Waals surface area contributed by atoms with E-state index < -0.39 is 9.84 Å². The molecular weight excluding hydrogens is 384 g/mol. The minimum atomic E-state index is -3.31. The Morgan fingerprint density at radius 3 is 2.10 bits per heavy atom. The maximum Gasteiger partial charge on any atom is 0.243 e. The molecule has 0 fully saturated rings. The summed E-state index contributed by atoms with van der Waals surface area (Å²) in [6, 6.07) is 25.7. The second-order valence-electron chi connectivity index (χ2n) is 6.96. The van der Waals surface area contributed by atoms with Crippen LogP contribution in [0.2, 0.25) is 0 Å². The Balaban J connectivity index is 1.61. The molecule has 0 spiro atoms. The van der Waals surface area contributed by atoms with Crippen LogP contribution in [0.4, 0.5) is 11.4 Å². The first-order valence-corrected chi connectivity index (χ1v) is 11.1. The molecule has 0 unspecified atom stereocenters. The molecule has 6 heteroatoms. The molecule has 0 saturated carbocycles. The normalized spacial score (nSPS) is 11.1. The van der Waals surface area contributed by atoms with Crippen molar-refractivity contribution in [3.8, 4) is 0 Å². The van der Waals surface area contributed by atoms with Gasteiger partial charge in [0.05, 0.1) is 18.1 Å². The highest BCUT2D eigenvalue weighted by Gasteiger charge is 2.14. The fourth-order valence-electron chi connectivity index (χ4n) is 3.06. The molecule has 1 N–H and O–H groups in total. The van der Waals surface area contributed by atoms with Crippen LogP contribution in [-0.2, 0) is 26.1 Å². The van der Waals surface area contributed by atoms with Crippen LogP contribution in [0.25, 0.3) is 0 Å². The molecule has 3 rings (SSSR count). The highest BCUT2D eigenvalue weighted by Crippen LogP contribution is 2.17. The van der Waals surface area contributed by atoms with Crippen LogP contribution in [-0.4, -0.2) is 27.9 Å². The predicted octanol–water partition coefficient (Wildman–Crippen LogP) is 3.88. The van der Waals surface area contributed by atoms with Crippen LogP contribution in [0.5, 0.6) is 0 Å². The molecule has 0 aliphatic rings. The van der Waals surface area contributed by atoms with Gasteiger partial charge in [-0.3, -0.25) is 4.79 Å². The molecular formula is C23H24N2O3S. The van der Waals surface area contributed by atoms with Crippen molar-refractivity contribution in [2.45, 2.75) is 11.5 Å². The van der Waals surface area contributed by atoms with Crippen LogP contribution >= 0.6 is 0 Å².